The first-order valence-electron chi connectivity index (χ1n) is 40.4. The zero-order chi connectivity index (χ0) is 96.0. The first-order valence-corrected chi connectivity index (χ1v) is 40.4. The molecule has 0 fully saturated rings. The molecule has 0 aliphatic rings. The number of amides is 6. The van der Waals surface area contributed by atoms with Crippen LogP contribution in [0, 0.1) is 34.6 Å². The SMILES string of the molecule is CC(=O)N(C)c1cc(N(C)C(C)=O)cc(N(C)C(C)=O)c1.CC(=O)Oc1cc(OC(C)=O)cc(OC(C)=O)c1.CN(C)C(=O)c1cc(C(=O)N(C)C)cc(C(=O)N(C)C)c1.COC(=O)c1cc(-c2ccccc2C)cc(-c2ccccc2C)c1.COC(=O)c1cc(C(=O)OC)cc(C(=O)OC)c1.Cc1ccccc1-c1cc(-c2ccccc2C)cc(-c2ccccc2C)c1. The summed E-state index contributed by atoms with van der Waals surface area (Å²) in [6, 6.07) is 72.8. The monoisotopic (exact) mass is 1750 g/mol. The summed E-state index contributed by atoms with van der Waals surface area (Å²) in [5.41, 5.74) is 21.8. The van der Waals surface area contributed by atoms with E-state index in [0.29, 0.717) is 39.3 Å². The van der Waals surface area contributed by atoms with Gasteiger partial charge in [-0.15, -0.1) is 0 Å². The van der Waals surface area contributed by atoms with Gasteiger partial charge in [-0.3, -0.25) is 43.2 Å². The first kappa shape index (κ1) is 102. The van der Waals surface area contributed by atoms with Gasteiger partial charge in [0, 0.05) is 157 Å². The molecule has 0 bridgehead atoms. The molecule has 6 amide bonds. The lowest BCUT2D eigenvalue weighted by Crippen LogP contribution is -2.28. The van der Waals surface area contributed by atoms with Crippen LogP contribution in [-0.2, 0) is 47.7 Å². The third-order valence-corrected chi connectivity index (χ3v) is 19.8. The van der Waals surface area contributed by atoms with E-state index >= 15 is 0 Å². The van der Waals surface area contributed by atoms with Crippen LogP contribution < -0.4 is 28.9 Å². The van der Waals surface area contributed by atoms with Gasteiger partial charge in [0.2, 0.25) is 17.7 Å². The summed E-state index contributed by atoms with van der Waals surface area (Å²) in [6.45, 7) is 18.7. The van der Waals surface area contributed by atoms with Gasteiger partial charge in [0.1, 0.15) is 17.2 Å². The van der Waals surface area contributed by atoms with E-state index < -0.39 is 35.8 Å². The summed E-state index contributed by atoms with van der Waals surface area (Å²) in [6.07, 6.45) is 0. The van der Waals surface area contributed by atoms with E-state index in [0.717, 1.165) is 22.3 Å². The van der Waals surface area contributed by atoms with Gasteiger partial charge in [-0.1, -0.05) is 121 Å². The van der Waals surface area contributed by atoms with E-state index in [1.165, 1.54) is 215 Å². The third-order valence-electron chi connectivity index (χ3n) is 19.8. The van der Waals surface area contributed by atoms with Crippen LogP contribution >= 0.6 is 0 Å². The molecule has 0 aromatic heterocycles. The normalized spacial score (nSPS) is 10.1. The van der Waals surface area contributed by atoms with Crippen molar-refractivity contribution in [3.8, 4) is 72.9 Å². The number of carbonyl (C=O) groups excluding carboxylic acids is 13. The molecule has 0 spiro atoms. The van der Waals surface area contributed by atoms with Gasteiger partial charge in [-0.2, -0.15) is 0 Å². The molecular formula is C103H110N6O20. The van der Waals surface area contributed by atoms with Crippen molar-refractivity contribution in [1.82, 2.24) is 14.7 Å². The maximum atomic E-state index is 12.1. The molecule has 0 atom stereocenters. The summed E-state index contributed by atoms with van der Waals surface area (Å²) in [4.78, 5) is 158. The lowest BCUT2D eigenvalue weighted by Gasteiger charge is -2.24. The van der Waals surface area contributed by atoms with Crippen molar-refractivity contribution in [2.45, 2.75) is 76.2 Å². The molecule has 0 saturated heterocycles. The molecule has 26 nitrogen and oxygen atoms in total. The Morgan fingerprint density at radius 2 is 0.403 bits per heavy atom. The van der Waals surface area contributed by atoms with Crippen molar-refractivity contribution in [3.05, 3.63) is 297 Å². The van der Waals surface area contributed by atoms with E-state index in [4.69, 9.17) is 18.9 Å². The fraction of sp³-hybridized carbons (Fsp3) is 0.233. The van der Waals surface area contributed by atoms with Gasteiger partial charge >= 0.3 is 41.8 Å². The quantitative estimate of drug-likeness (QED) is 0.0438. The van der Waals surface area contributed by atoms with Crippen LogP contribution in [0.4, 0.5) is 17.1 Å². The van der Waals surface area contributed by atoms with Crippen molar-refractivity contribution in [1.29, 1.82) is 0 Å². The molecule has 672 valence electrons. The third kappa shape index (κ3) is 29.6. The Balaban J connectivity index is 0.000000240. The molecule has 0 radical (unpaired) electrons. The van der Waals surface area contributed by atoms with Crippen molar-refractivity contribution in [2.75, 3.05) is 107 Å². The largest absolute Gasteiger partial charge is 0.465 e. The van der Waals surface area contributed by atoms with Crippen LogP contribution in [0.5, 0.6) is 17.2 Å². The molecule has 0 unspecified atom stereocenters. The van der Waals surface area contributed by atoms with Crippen LogP contribution in [0.3, 0.4) is 0 Å². The number of rotatable bonds is 18. The second-order valence-corrected chi connectivity index (χ2v) is 30.2. The van der Waals surface area contributed by atoms with Gasteiger partial charge in [0.05, 0.1) is 50.7 Å². The minimum Gasteiger partial charge on any atom is -0.465 e. The van der Waals surface area contributed by atoms with Gasteiger partial charge in [-0.25, -0.2) is 19.2 Å². The van der Waals surface area contributed by atoms with Gasteiger partial charge in [0.25, 0.3) is 17.7 Å². The predicted octanol–water partition coefficient (Wildman–Crippen LogP) is 18.0. The molecular weight excluding hydrogens is 1640 g/mol. The summed E-state index contributed by atoms with van der Waals surface area (Å²) in [5.74, 6) is -4.70. The lowest BCUT2D eigenvalue weighted by molar-refractivity contribution is -0.132. The molecule has 0 saturated carbocycles. The first-order chi connectivity index (χ1) is 60.9. The lowest BCUT2D eigenvalue weighted by atomic mass is 9.89. The second kappa shape index (κ2) is 48.1. The van der Waals surface area contributed by atoms with Crippen molar-refractivity contribution >= 4 is 94.3 Å². The minimum atomic E-state index is -0.661. The standard InChI is InChI=1S/C27H24.C22H20O2.2C15H21N3O3.2C12H12O6/c1-19-10-4-7-13-25(19)22-16-23(26-14-8-5-11-20(26)2)18-24(17-22)27-15-9-6-12-21(27)3;1-15-8-4-6-10-20(15)17-12-18(14-19(13-17)22(23)24-3)21-11-7-5-9-16(21)2;1-16(2)13(19)10-7-11(14(20)17(3)4)9-12(8-10)15(21)18(5)6;1-10(19)16(4)13-7-14(17(5)11(2)20)9-15(8-13)18(6)12(3)21;1-16-10(13)7-4-8(11(14)17-2)6-9(5-7)12(15)18-3;1-7(13)16-10-4-11(17-8(2)14)6-12(5-10)18-9(3)15/h4-18H,1-3H3;4-14H,1-3H3;2*7-9H,1-6H3;2*4-6H,1-3H3. The second-order valence-electron chi connectivity index (χ2n) is 30.2. The van der Waals surface area contributed by atoms with E-state index in [1.807, 2.05) is 36.4 Å². The highest BCUT2D eigenvalue weighted by Gasteiger charge is 2.23. The molecule has 11 rings (SSSR count). The summed E-state index contributed by atoms with van der Waals surface area (Å²) in [5, 5.41) is 0. The molecule has 11 aromatic rings. The highest BCUT2D eigenvalue weighted by Crippen LogP contribution is 2.38. The fourth-order valence-electron chi connectivity index (χ4n) is 12.8. The van der Waals surface area contributed by atoms with Crippen molar-refractivity contribution < 1.29 is 95.5 Å². The van der Waals surface area contributed by atoms with Crippen LogP contribution in [-0.4, -0.2) is 184 Å². The van der Waals surface area contributed by atoms with Gasteiger partial charge < -0.3 is 62.6 Å². The van der Waals surface area contributed by atoms with Gasteiger partial charge in [0.15, 0.2) is 0 Å². The number of nitrogens with zero attached hydrogens (tertiary/aromatic N) is 6. The zero-order valence-corrected chi connectivity index (χ0v) is 77.3. The Bertz CT molecular complexity index is 5420. The highest BCUT2D eigenvalue weighted by atomic mass is 16.6. The van der Waals surface area contributed by atoms with Crippen LogP contribution in [0.1, 0.15) is 142 Å². The predicted molar refractivity (Wildman–Crippen MR) is 500 cm³/mol. The number of esters is 7. The van der Waals surface area contributed by atoms with Gasteiger partial charge in [-0.05, 0) is 209 Å². The Labute approximate surface area is 753 Å². The Hall–Kier alpha value is -15.5. The summed E-state index contributed by atoms with van der Waals surface area (Å²) in [7, 11) is 19.7. The average molecular weight is 1750 g/mol. The summed E-state index contributed by atoms with van der Waals surface area (Å²) < 4.78 is 33.0. The maximum absolute atomic E-state index is 12.1. The van der Waals surface area contributed by atoms with Crippen molar-refractivity contribution in [2.24, 2.45) is 0 Å². The molecule has 0 aliphatic carbocycles. The molecule has 26 heteroatoms. The number of benzene rings is 11. The summed E-state index contributed by atoms with van der Waals surface area (Å²) >= 11 is 0. The minimum absolute atomic E-state index is 0.0702. The van der Waals surface area contributed by atoms with Crippen LogP contribution in [0.2, 0.25) is 0 Å². The molecule has 11 aromatic carbocycles. The maximum Gasteiger partial charge on any atom is 0.337 e. The van der Waals surface area contributed by atoms with Crippen LogP contribution in [0.25, 0.3) is 55.6 Å². The Morgan fingerprint density at radius 1 is 0.225 bits per heavy atom. The Morgan fingerprint density at radius 3 is 0.574 bits per heavy atom. The Kier molecular flexibility index (Phi) is 38.2. The number of methoxy groups -OCH3 is 4. The van der Waals surface area contributed by atoms with Crippen LogP contribution in [0.15, 0.2) is 231 Å². The number of ether oxygens (including phenoxy) is 7. The van der Waals surface area contributed by atoms with E-state index in [2.05, 4.69) is 170 Å². The molecule has 0 heterocycles. The van der Waals surface area contributed by atoms with E-state index in [-0.39, 0.29) is 75.4 Å². The number of hydrogen-bond acceptors (Lipinski definition) is 20. The number of hydrogen-bond donors (Lipinski definition) is 0. The average Bonchev–Trinajstić information content (AvgIpc) is 0.791. The number of anilines is 3. The fourth-order valence-corrected chi connectivity index (χ4v) is 12.8. The molecule has 129 heavy (non-hydrogen) atoms. The highest BCUT2D eigenvalue weighted by molar-refractivity contribution is 6.05. The van der Waals surface area contributed by atoms with Crippen molar-refractivity contribution in [3.63, 3.8) is 0 Å². The number of carbonyl (C=O) groups is 13. The zero-order valence-electron chi connectivity index (χ0n) is 77.3. The van der Waals surface area contributed by atoms with E-state index in [9.17, 15) is 62.3 Å². The topological polar surface area (TPSA) is 306 Å². The molecule has 0 aliphatic heterocycles. The van der Waals surface area contributed by atoms with E-state index in [1.54, 1.807) is 81.6 Å². The molecule has 0 N–H and O–H groups in total. The number of aryl methyl sites for hydroxylation is 5. The smallest absolute Gasteiger partial charge is 0.337 e.